The smallest absolute Gasteiger partial charge is 0.341 e. The summed E-state index contributed by atoms with van der Waals surface area (Å²) in [6.45, 7) is 0. The molecular weight excluding hydrogens is 428 g/mol. The van der Waals surface area contributed by atoms with Crippen molar-refractivity contribution in [2.45, 2.75) is 43.7 Å². The number of rotatable bonds is 3. The Morgan fingerprint density at radius 1 is 1.13 bits per heavy atom. The fourth-order valence-corrected chi connectivity index (χ4v) is 4.39. The van der Waals surface area contributed by atoms with E-state index in [0.717, 1.165) is 0 Å². The van der Waals surface area contributed by atoms with Gasteiger partial charge in [-0.15, -0.1) is 0 Å². The van der Waals surface area contributed by atoms with Gasteiger partial charge in [0.1, 0.15) is 29.7 Å². The maximum atomic E-state index is 13.3. The number of halogens is 6. The minimum absolute atomic E-state index is 0.0122. The van der Waals surface area contributed by atoms with E-state index in [0.29, 0.717) is 25.3 Å². The standard InChI is InChI=1S/C19H17F6N5O/c1-29(14-4-5-26-9-27-14)17(31)16-10-2-3-12(6-10)30(16)15-8-11(18(20,21)22)7-13(28-15)19(23,24)25/h4-5,7-10,12,16H,2-3,6H2,1H3/t10-,12+,16-/m0/s1. The lowest BCUT2D eigenvalue weighted by atomic mass is 9.97. The molecule has 0 aromatic carbocycles. The number of pyridine rings is 1. The number of alkyl halides is 6. The topological polar surface area (TPSA) is 62.2 Å². The highest BCUT2D eigenvalue weighted by Gasteiger charge is 2.51. The van der Waals surface area contributed by atoms with Gasteiger partial charge < -0.3 is 4.90 Å². The molecule has 0 radical (unpaired) electrons. The lowest BCUT2D eigenvalue weighted by Gasteiger charge is -2.37. The molecule has 0 spiro atoms. The molecule has 1 saturated heterocycles. The van der Waals surface area contributed by atoms with E-state index in [9.17, 15) is 31.1 Å². The van der Waals surface area contributed by atoms with Crippen LogP contribution in [0.2, 0.25) is 0 Å². The predicted molar refractivity (Wildman–Crippen MR) is 97.1 cm³/mol. The number of anilines is 2. The molecule has 6 nitrogen and oxygen atoms in total. The normalized spacial score (nSPS) is 23.3. The van der Waals surface area contributed by atoms with Crippen LogP contribution in [0.4, 0.5) is 38.0 Å². The van der Waals surface area contributed by atoms with Gasteiger partial charge in [-0.05, 0) is 43.4 Å². The van der Waals surface area contributed by atoms with Crippen molar-refractivity contribution in [3.8, 4) is 0 Å². The molecule has 2 aromatic rings. The third-order valence-electron chi connectivity index (χ3n) is 5.77. The molecule has 2 fully saturated rings. The summed E-state index contributed by atoms with van der Waals surface area (Å²) in [6.07, 6.45) is -5.69. The van der Waals surface area contributed by atoms with Crippen molar-refractivity contribution in [2.24, 2.45) is 5.92 Å². The Kier molecular flexibility index (Phi) is 5.05. The second-order valence-electron chi connectivity index (χ2n) is 7.64. The first kappa shape index (κ1) is 21.3. The predicted octanol–water partition coefficient (Wildman–Crippen LogP) is 3.93. The summed E-state index contributed by atoms with van der Waals surface area (Å²) in [7, 11) is 1.45. The number of nitrogens with zero attached hydrogens (tertiary/aromatic N) is 5. The first-order chi connectivity index (χ1) is 14.5. The van der Waals surface area contributed by atoms with Gasteiger partial charge in [0.2, 0.25) is 0 Å². The number of hydrogen-bond acceptors (Lipinski definition) is 5. The van der Waals surface area contributed by atoms with E-state index >= 15 is 0 Å². The molecule has 12 heteroatoms. The molecule has 31 heavy (non-hydrogen) atoms. The number of fused-ring (bicyclic) bond motifs is 2. The van der Waals surface area contributed by atoms with Crippen molar-refractivity contribution in [2.75, 3.05) is 16.8 Å². The first-order valence-corrected chi connectivity index (χ1v) is 9.45. The molecule has 1 amide bonds. The summed E-state index contributed by atoms with van der Waals surface area (Å²) in [6, 6.07) is 0.757. The number of likely N-dealkylation sites (N-methyl/N-ethyl adjacent to an activating group) is 1. The molecule has 0 N–H and O–H groups in total. The fraction of sp³-hybridized carbons (Fsp3) is 0.474. The Hall–Kier alpha value is -2.92. The largest absolute Gasteiger partial charge is 0.433 e. The summed E-state index contributed by atoms with van der Waals surface area (Å²) in [5.41, 5.74) is -3.10. The first-order valence-electron chi connectivity index (χ1n) is 9.45. The molecule has 2 bridgehead atoms. The van der Waals surface area contributed by atoms with Crippen LogP contribution in [0.5, 0.6) is 0 Å². The lowest BCUT2D eigenvalue weighted by molar-refractivity contribution is -0.145. The number of carbonyl (C=O) groups excluding carboxylic acids is 1. The van der Waals surface area contributed by atoms with Crippen molar-refractivity contribution in [1.82, 2.24) is 15.0 Å². The summed E-state index contributed by atoms with van der Waals surface area (Å²) in [5, 5.41) is 0. The second kappa shape index (κ2) is 7.34. The number of amides is 1. The van der Waals surface area contributed by atoms with Crippen LogP contribution in [0.1, 0.15) is 30.5 Å². The molecular formula is C19H17F6N5O. The van der Waals surface area contributed by atoms with Crippen LogP contribution in [0, 0.1) is 5.92 Å². The van der Waals surface area contributed by atoms with E-state index in [1.165, 1.54) is 35.4 Å². The van der Waals surface area contributed by atoms with Crippen molar-refractivity contribution in [3.63, 3.8) is 0 Å². The Bertz CT molecular complexity index is 948. The molecule has 0 unspecified atom stereocenters. The van der Waals surface area contributed by atoms with Gasteiger partial charge in [0.05, 0.1) is 5.56 Å². The highest BCUT2D eigenvalue weighted by atomic mass is 19.4. The highest BCUT2D eigenvalue weighted by molar-refractivity contribution is 5.98. The number of aromatic nitrogens is 3. The van der Waals surface area contributed by atoms with E-state index < -0.39 is 41.4 Å². The zero-order valence-corrected chi connectivity index (χ0v) is 16.2. The van der Waals surface area contributed by atoms with Gasteiger partial charge in [0, 0.05) is 19.3 Å². The molecule has 3 atom stereocenters. The molecule has 1 saturated carbocycles. The van der Waals surface area contributed by atoms with Gasteiger partial charge in [-0.2, -0.15) is 26.3 Å². The third-order valence-corrected chi connectivity index (χ3v) is 5.77. The molecule has 2 aromatic heterocycles. The number of hydrogen-bond donors (Lipinski definition) is 0. The molecule has 1 aliphatic heterocycles. The highest BCUT2D eigenvalue weighted by Crippen LogP contribution is 2.46. The van der Waals surface area contributed by atoms with Crippen molar-refractivity contribution in [1.29, 1.82) is 0 Å². The molecule has 2 aliphatic rings. The quantitative estimate of drug-likeness (QED) is 0.670. The minimum Gasteiger partial charge on any atom is -0.341 e. The van der Waals surface area contributed by atoms with Crippen molar-refractivity contribution >= 4 is 17.5 Å². The maximum Gasteiger partial charge on any atom is 0.433 e. The van der Waals surface area contributed by atoms with Crippen molar-refractivity contribution in [3.05, 3.63) is 42.0 Å². The molecule has 3 heterocycles. The number of piperidine rings is 1. The Morgan fingerprint density at radius 3 is 2.48 bits per heavy atom. The zero-order valence-electron chi connectivity index (χ0n) is 16.2. The van der Waals surface area contributed by atoms with E-state index in [1.54, 1.807) is 0 Å². The number of carbonyl (C=O) groups is 1. The SMILES string of the molecule is CN(C(=O)[C@@H]1[C@H]2CC[C@H](C2)N1c1cc(C(F)(F)F)cc(C(F)(F)F)n1)c1ccncn1. The fourth-order valence-electron chi connectivity index (χ4n) is 4.39. The summed E-state index contributed by atoms with van der Waals surface area (Å²) < 4.78 is 79.8. The van der Waals surface area contributed by atoms with E-state index in [-0.39, 0.29) is 23.8 Å². The molecule has 4 rings (SSSR count). The average Bonchev–Trinajstić information content (AvgIpc) is 3.33. The van der Waals surface area contributed by atoms with Crippen LogP contribution in [-0.4, -0.2) is 40.0 Å². The lowest BCUT2D eigenvalue weighted by Crippen LogP contribution is -2.51. The van der Waals surface area contributed by atoms with Crippen LogP contribution in [0.3, 0.4) is 0 Å². The maximum absolute atomic E-state index is 13.3. The van der Waals surface area contributed by atoms with E-state index in [1.807, 2.05) is 0 Å². The average molecular weight is 445 g/mol. The van der Waals surface area contributed by atoms with Gasteiger partial charge in [0.15, 0.2) is 0 Å². The third kappa shape index (κ3) is 3.90. The second-order valence-corrected chi connectivity index (χ2v) is 7.64. The van der Waals surface area contributed by atoms with Crippen LogP contribution in [0.15, 0.2) is 30.7 Å². The van der Waals surface area contributed by atoms with Gasteiger partial charge in [-0.3, -0.25) is 9.69 Å². The van der Waals surface area contributed by atoms with Crippen LogP contribution in [-0.2, 0) is 17.1 Å². The van der Waals surface area contributed by atoms with Crippen LogP contribution in [0.25, 0.3) is 0 Å². The summed E-state index contributed by atoms with van der Waals surface area (Å²) in [4.78, 5) is 27.0. The molecule has 166 valence electrons. The summed E-state index contributed by atoms with van der Waals surface area (Å²) in [5.74, 6) is -0.898. The Labute approximate surface area is 172 Å². The Morgan fingerprint density at radius 2 is 1.87 bits per heavy atom. The van der Waals surface area contributed by atoms with Gasteiger partial charge in [-0.25, -0.2) is 15.0 Å². The minimum atomic E-state index is -5.06. The van der Waals surface area contributed by atoms with Gasteiger partial charge in [-0.1, -0.05) is 0 Å². The van der Waals surface area contributed by atoms with E-state index in [4.69, 9.17) is 0 Å². The summed E-state index contributed by atoms with van der Waals surface area (Å²) >= 11 is 0. The zero-order chi connectivity index (χ0) is 22.6. The van der Waals surface area contributed by atoms with Crippen LogP contribution >= 0.6 is 0 Å². The van der Waals surface area contributed by atoms with Crippen LogP contribution < -0.4 is 9.80 Å². The van der Waals surface area contributed by atoms with Crippen molar-refractivity contribution < 1.29 is 31.1 Å². The molecule has 1 aliphatic carbocycles. The monoisotopic (exact) mass is 445 g/mol. The van der Waals surface area contributed by atoms with E-state index in [2.05, 4.69) is 15.0 Å². The van der Waals surface area contributed by atoms with Gasteiger partial charge in [0.25, 0.3) is 5.91 Å². The van der Waals surface area contributed by atoms with Gasteiger partial charge >= 0.3 is 12.4 Å². The Balaban J connectivity index is 1.76.